The highest BCUT2D eigenvalue weighted by atomic mass is 35.5. The number of aromatic nitrogens is 1. The van der Waals surface area contributed by atoms with Crippen molar-refractivity contribution in [1.82, 2.24) is 4.98 Å². The van der Waals surface area contributed by atoms with Gasteiger partial charge in [-0.1, -0.05) is 69.2 Å². The molecular weight excluding hydrogens is 375 g/mol. The first kappa shape index (κ1) is 23.8. The molecule has 0 bridgehead atoms. The number of nitrogens with zero attached hydrogens (tertiary/aromatic N) is 2. The Morgan fingerprint density at radius 3 is 2.52 bits per heavy atom. The van der Waals surface area contributed by atoms with Crippen LogP contribution in [0.2, 0.25) is 5.02 Å². The fourth-order valence-electron chi connectivity index (χ4n) is 3.43. The number of hydrogen-bond acceptors (Lipinski definition) is 2. The van der Waals surface area contributed by atoms with Crippen LogP contribution in [0.25, 0.3) is 0 Å². The molecule has 0 fully saturated rings. The minimum Gasteiger partial charge on any atom is -0.368 e. The van der Waals surface area contributed by atoms with Crippen LogP contribution in [-0.4, -0.2) is 17.6 Å². The number of benzene rings is 1. The maximum Gasteiger partial charge on any atom is 0.0426 e. The second-order valence-electron chi connectivity index (χ2n) is 7.19. The molecule has 0 spiro atoms. The predicted octanol–water partition coefficient (Wildman–Crippen LogP) is 7.35. The lowest BCUT2D eigenvalue weighted by Crippen LogP contribution is -2.35. The first-order chi connectivity index (χ1) is 12.7. The molecule has 2 rings (SSSR count). The summed E-state index contributed by atoms with van der Waals surface area (Å²) in [4.78, 5) is 6.74. The predicted molar refractivity (Wildman–Crippen MR) is 121 cm³/mol. The Balaban J connectivity index is 0.00000364. The van der Waals surface area contributed by atoms with Gasteiger partial charge in [0.05, 0.1) is 0 Å². The molecule has 2 aromatic rings. The number of pyridine rings is 1. The quantitative estimate of drug-likeness (QED) is 0.341. The van der Waals surface area contributed by atoms with E-state index in [1.54, 1.807) is 0 Å². The van der Waals surface area contributed by atoms with E-state index in [1.165, 1.54) is 56.2 Å². The molecule has 1 atom stereocenters. The van der Waals surface area contributed by atoms with Gasteiger partial charge in [-0.05, 0) is 49.6 Å². The molecule has 0 aliphatic heterocycles. The summed E-state index contributed by atoms with van der Waals surface area (Å²) in [6.07, 6.45) is 14.1. The van der Waals surface area contributed by atoms with Gasteiger partial charge in [-0.25, -0.2) is 0 Å². The Bertz CT molecular complexity index is 619. The highest BCUT2D eigenvalue weighted by Gasteiger charge is 2.15. The fourth-order valence-corrected chi connectivity index (χ4v) is 3.61. The summed E-state index contributed by atoms with van der Waals surface area (Å²) in [6, 6.07) is 12.9. The van der Waals surface area contributed by atoms with Gasteiger partial charge in [-0.15, -0.1) is 12.4 Å². The molecule has 4 heteroatoms. The van der Waals surface area contributed by atoms with Crippen molar-refractivity contribution in [3.63, 3.8) is 0 Å². The molecular formula is C23H34Cl2N2. The Morgan fingerprint density at radius 1 is 1.04 bits per heavy atom. The second-order valence-corrected chi connectivity index (χ2v) is 7.63. The molecule has 0 saturated heterocycles. The van der Waals surface area contributed by atoms with E-state index in [4.69, 9.17) is 11.6 Å². The topological polar surface area (TPSA) is 16.1 Å². The van der Waals surface area contributed by atoms with Crippen molar-refractivity contribution in [2.45, 2.75) is 71.3 Å². The van der Waals surface area contributed by atoms with Gasteiger partial charge in [0.2, 0.25) is 0 Å². The Labute approximate surface area is 176 Å². The molecule has 0 saturated carbocycles. The van der Waals surface area contributed by atoms with Gasteiger partial charge >= 0.3 is 0 Å². The summed E-state index contributed by atoms with van der Waals surface area (Å²) in [6.45, 7) is 5.60. The second kappa shape index (κ2) is 13.8. The summed E-state index contributed by atoms with van der Waals surface area (Å²) in [5, 5.41) is 0.806. The van der Waals surface area contributed by atoms with E-state index >= 15 is 0 Å². The van der Waals surface area contributed by atoms with Gasteiger partial charge in [0, 0.05) is 35.7 Å². The fraction of sp³-hybridized carbons (Fsp3) is 0.522. The van der Waals surface area contributed by atoms with Crippen molar-refractivity contribution in [2.24, 2.45) is 0 Å². The van der Waals surface area contributed by atoms with Gasteiger partial charge in [-0.3, -0.25) is 4.98 Å². The maximum atomic E-state index is 6.25. The molecule has 2 nitrogen and oxygen atoms in total. The number of unbranched alkanes of at least 4 members (excludes halogenated alkanes) is 5. The summed E-state index contributed by atoms with van der Waals surface area (Å²) in [7, 11) is 0. The lowest BCUT2D eigenvalue weighted by molar-refractivity contribution is 0.525. The zero-order chi connectivity index (χ0) is 18.6. The molecule has 0 N–H and O–H groups in total. The molecule has 150 valence electrons. The van der Waals surface area contributed by atoms with Crippen LogP contribution in [0.3, 0.4) is 0 Å². The highest BCUT2D eigenvalue weighted by Crippen LogP contribution is 2.24. The lowest BCUT2D eigenvalue weighted by Gasteiger charge is -2.32. The van der Waals surface area contributed by atoms with Crippen LogP contribution in [0.15, 0.2) is 48.8 Å². The van der Waals surface area contributed by atoms with Crippen molar-refractivity contribution in [2.75, 3.05) is 11.4 Å². The zero-order valence-corrected chi connectivity index (χ0v) is 18.3. The van der Waals surface area contributed by atoms with Crippen molar-refractivity contribution in [3.05, 3.63) is 59.4 Å². The minimum absolute atomic E-state index is 0. The van der Waals surface area contributed by atoms with E-state index in [0.29, 0.717) is 6.04 Å². The first-order valence-corrected chi connectivity index (χ1v) is 10.5. The average Bonchev–Trinajstić information content (AvgIpc) is 2.66. The summed E-state index contributed by atoms with van der Waals surface area (Å²) in [5.41, 5.74) is 2.51. The number of anilines is 1. The molecule has 1 unspecified atom stereocenters. The van der Waals surface area contributed by atoms with Crippen molar-refractivity contribution in [1.29, 1.82) is 0 Å². The minimum atomic E-state index is 0. The van der Waals surface area contributed by atoms with E-state index in [1.807, 2.05) is 30.6 Å². The lowest BCUT2D eigenvalue weighted by atomic mass is 10.0. The van der Waals surface area contributed by atoms with Crippen LogP contribution in [0.4, 0.5) is 5.69 Å². The Hall–Kier alpha value is -1.25. The van der Waals surface area contributed by atoms with Gasteiger partial charge < -0.3 is 4.90 Å². The van der Waals surface area contributed by atoms with Crippen LogP contribution < -0.4 is 4.90 Å². The van der Waals surface area contributed by atoms with Crippen LogP contribution >= 0.6 is 24.0 Å². The Morgan fingerprint density at radius 2 is 1.81 bits per heavy atom. The third-order valence-electron chi connectivity index (χ3n) is 5.01. The first-order valence-electron chi connectivity index (χ1n) is 10.1. The third kappa shape index (κ3) is 8.99. The molecule has 0 amide bonds. The highest BCUT2D eigenvalue weighted by molar-refractivity contribution is 6.30. The van der Waals surface area contributed by atoms with Gasteiger partial charge in [-0.2, -0.15) is 0 Å². The molecule has 27 heavy (non-hydrogen) atoms. The Kier molecular flexibility index (Phi) is 12.2. The smallest absolute Gasteiger partial charge is 0.0426 e. The third-order valence-corrected chi connectivity index (χ3v) is 5.25. The van der Waals surface area contributed by atoms with Gasteiger partial charge in [0.15, 0.2) is 0 Å². The van der Waals surface area contributed by atoms with E-state index in [0.717, 1.165) is 18.0 Å². The number of hydrogen-bond donors (Lipinski definition) is 0. The van der Waals surface area contributed by atoms with E-state index in [-0.39, 0.29) is 12.4 Å². The molecule has 0 radical (unpaired) electrons. The number of rotatable bonds is 12. The summed E-state index contributed by atoms with van der Waals surface area (Å²) < 4.78 is 0. The summed E-state index contributed by atoms with van der Waals surface area (Å²) in [5.74, 6) is 0. The molecule has 0 aliphatic carbocycles. The SMILES string of the molecule is CCCCCCCCC(C)N(CCc1cccnc1)c1cccc(Cl)c1.Cl. The van der Waals surface area contributed by atoms with Crippen LogP contribution in [0.5, 0.6) is 0 Å². The van der Waals surface area contributed by atoms with E-state index in [2.05, 4.69) is 41.9 Å². The maximum absolute atomic E-state index is 6.25. The number of halogens is 2. The average molecular weight is 409 g/mol. The monoisotopic (exact) mass is 408 g/mol. The van der Waals surface area contributed by atoms with Gasteiger partial charge in [0.1, 0.15) is 0 Å². The van der Waals surface area contributed by atoms with Crippen molar-refractivity contribution < 1.29 is 0 Å². The molecule has 1 aromatic carbocycles. The molecule has 0 aliphatic rings. The van der Waals surface area contributed by atoms with Crippen LogP contribution in [0, 0.1) is 0 Å². The molecule has 1 heterocycles. The normalized spacial score (nSPS) is 11.7. The van der Waals surface area contributed by atoms with E-state index < -0.39 is 0 Å². The van der Waals surface area contributed by atoms with Gasteiger partial charge in [0.25, 0.3) is 0 Å². The van der Waals surface area contributed by atoms with Crippen LogP contribution in [0.1, 0.15) is 64.4 Å². The molecule has 1 aromatic heterocycles. The summed E-state index contributed by atoms with van der Waals surface area (Å²) >= 11 is 6.25. The van der Waals surface area contributed by atoms with Crippen molar-refractivity contribution in [3.8, 4) is 0 Å². The largest absolute Gasteiger partial charge is 0.368 e. The van der Waals surface area contributed by atoms with Crippen LogP contribution in [-0.2, 0) is 6.42 Å². The zero-order valence-electron chi connectivity index (χ0n) is 16.7. The van der Waals surface area contributed by atoms with E-state index in [9.17, 15) is 0 Å². The van der Waals surface area contributed by atoms with Crippen molar-refractivity contribution >= 4 is 29.7 Å². The standard InChI is InChI=1S/C23H33ClN2.ClH/c1-3-4-5-6-7-8-11-20(2)26(23-14-9-13-22(24)18-23)17-15-21-12-10-16-25-19-21;/h9-10,12-14,16,18-20H,3-8,11,15,17H2,1-2H3;1H.